The fraction of sp³-hybridized carbons (Fsp3) is 0.158. The summed E-state index contributed by atoms with van der Waals surface area (Å²) in [6, 6.07) is 18.8. The molecule has 0 spiro atoms. The second-order valence-electron chi connectivity index (χ2n) is 5.59. The van der Waals surface area contributed by atoms with Crippen LogP contribution in [-0.2, 0) is 0 Å². The maximum atomic E-state index is 12.6. The zero-order valence-electron chi connectivity index (χ0n) is 12.1. The van der Waals surface area contributed by atoms with Gasteiger partial charge >= 0.3 is 0 Å². The summed E-state index contributed by atoms with van der Waals surface area (Å²) < 4.78 is 12.6. The predicted octanol–water partition coefficient (Wildman–Crippen LogP) is 5.37. The number of alkyl halides is 1. The van der Waals surface area contributed by atoms with E-state index in [2.05, 4.69) is 48.5 Å². The van der Waals surface area contributed by atoms with Gasteiger partial charge in [0.25, 0.3) is 0 Å². The van der Waals surface area contributed by atoms with Crippen molar-refractivity contribution in [1.82, 2.24) is 0 Å². The van der Waals surface area contributed by atoms with Crippen molar-refractivity contribution in [2.24, 2.45) is 5.73 Å². The molecule has 0 radical (unpaired) electrons. The van der Waals surface area contributed by atoms with Crippen LogP contribution in [0.25, 0.3) is 32.3 Å². The second-order valence-corrected chi connectivity index (χ2v) is 5.59. The Kier molecular flexibility index (Phi) is 3.90. The van der Waals surface area contributed by atoms with Crippen LogP contribution in [0.1, 0.15) is 18.0 Å². The molecule has 1 atom stereocenters. The largest absolute Gasteiger partial charge is 0.324 e. The van der Waals surface area contributed by atoms with Gasteiger partial charge in [-0.15, -0.1) is 12.4 Å². The van der Waals surface area contributed by atoms with Crippen molar-refractivity contribution in [2.75, 3.05) is 6.67 Å². The second kappa shape index (κ2) is 5.71. The molecule has 0 aromatic heterocycles. The molecule has 112 valence electrons. The Balaban J connectivity index is 0.00000144. The van der Waals surface area contributed by atoms with Gasteiger partial charge in [-0.1, -0.05) is 54.6 Å². The summed E-state index contributed by atoms with van der Waals surface area (Å²) in [4.78, 5) is 0. The van der Waals surface area contributed by atoms with E-state index >= 15 is 0 Å². The van der Waals surface area contributed by atoms with Crippen LogP contribution in [0.3, 0.4) is 0 Å². The van der Waals surface area contributed by atoms with Gasteiger partial charge in [-0.05, 0) is 44.3 Å². The van der Waals surface area contributed by atoms with E-state index in [4.69, 9.17) is 5.73 Å². The van der Waals surface area contributed by atoms with Crippen LogP contribution in [0, 0.1) is 0 Å². The number of rotatable bonds is 3. The Hall–Kier alpha value is -1.90. The number of hydrogen-bond donors (Lipinski definition) is 1. The van der Waals surface area contributed by atoms with Crippen LogP contribution in [0.2, 0.25) is 0 Å². The average Bonchev–Trinajstić information content (AvgIpc) is 2.52. The summed E-state index contributed by atoms with van der Waals surface area (Å²) >= 11 is 0. The number of benzene rings is 4. The molecule has 22 heavy (non-hydrogen) atoms. The van der Waals surface area contributed by atoms with Crippen molar-refractivity contribution in [2.45, 2.75) is 12.5 Å². The fourth-order valence-corrected chi connectivity index (χ4v) is 3.35. The minimum Gasteiger partial charge on any atom is -0.324 e. The highest BCUT2D eigenvalue weighted by atomic mass is 35.5. The molecule has 0 aliphatic heterocycles. The zero-order chi connectivity index (χ0) is 14.4. The van der Waals surface area contributed by atoms with Gasteiger partial charge < -0.3 is 5.73 Å². The van der Waals surface area contributed by atoms with Gasteiger partial charge in [-0.3, -0.25) is 4.39 Å². The van der Waals surface area contributed by atoms with Gasteiger partial charge in [-0.25, -0.2) is 0 Å². The molecule has 0 saturated heterocycles. The lowest BCUT2D eigenvalue weighted by atomic mass is 9.89. The molecule has 2 N–H and O–H groups in total. The van der Waals surface area contributed by atoms with Crippen molar-refractivity contribution < 1.29 is 4.39 Å². The molecule has 0 amide bonds. The first-order chi connectivity index (χ1) is 10.3. The topological polar surface area (TPSA) is 26.0 Å². The van der Waals surface area contributed by atoms with Gasteiger partial charge in [0.05, 0.1) is 6.67 Å². The molecule has 0 fully saturated rings. The van der Waals surface area contributed by atoms with Crippen molar-refractivity contribution in [1.29, 1.82) is 0 Å². The Morgan fingerprint density at radius 3 is 2.09 bits per heavy atom. The molecular formula is C19H17ClFN. The Morgan fingerprint density at radius 2 is 1.41 bits per heavy atom. The Labute approximate surface area is 134 Å². The average molecular weight is 314 g/mol. The highest BCUT2D eigenvalue weighted by molar-refractivity contribution is 6.23. The molecular weight excluding hydrogens is 297 g/mol. The Bertz CT molecular complexity index is 919. The summed E-state index contributed by atoms with van der Waals surface area (Å²) in [6.07, 6.45) is 0.365. The third kappa shape index (κ3) is 2.11. The van der Waals surface area contributed by atoms with E-state index in [1.807, 2.05) is 6.07 Å². The monoisotopic (exact) mass is 313 g/mol. The summed E-state index contributed by atoms with van der Waals surface area (Å²) in [5.74, 6) is 0. The van der Waals surface area contributed by atoms with Crippen molar-refractivity contribution in [3.05, 3.63) is 60.2 Å². The van der Waals surface area contributed by atoms with E-state index < -0.39 is 0 Å². The van der Waals surface area contributed by atoms with Crippen LogP contribution in [0.5, 0.6) is 0 Å². The molecule has 4 aromatic carbocycles. The zero-order valence-corrected chi connectivity index (χ0v) is 12.9. The first-order valence-electron chi connectivity index (χ1n) is 7.27. The minimum atomic E-state index is -0.386. The van der Waals surface area contributed by atoms with E-state index in [9.17, 15) is 4.39 Å². The lowest BCUT2D eigenvalue weighted by molar-refractivity contribution is 0.443. The smallest absolute Gasteiger partial charge is 0.0912 e. The molecule has 3 heteroatoms. The lowest BCUT2D eigenvalue weighted by Gasteiger charge is -2.17. The molecule has 0 unspecified atom stereocenters. The first-order valence-corrected chi connectivity index (χ1v) is 7.27. The van der Waals surface area contributed by atoms with Gasteiger partial charge in [-0.2, -0.15) is 0 Å². The van der Waals surface area contributed by atoms with Crippen LogP contribution < -0.4 is 5.73 Å². The summed E-state index contributed by atoms with van der Waals surface area (Å²) in [7, 11) is 0. The van der Waals surface area contributed by atoms with Gasteiger partial charge in [0.2, 0.25) is 0 Å². The van der Waals surface area contributed by atoms with E-state index in [0.29, 0.717) is 6.42 Å². The summed E-state index contributed by atoms with van der Waals surface area (Å²) in [6.45, 7) is -0.386. The third-order valence-electron chi connectivity index (χ3n) is 4.38. The quantitative estimate of drug-likeness (QED) is 0.506. The Morgan fingerprint density at radius 1 is 0.818 bits per heavy atom. The minimum absolute atomic E-state index is 0. The summed E-state index contributed by atoms with van der Waals surface area (Å²) in [5, 5.41) is 7.37. The molecule has 0 aliphatic carbocycles. The van der Waals surface area contributed by atoms with E-state index in [1.54, 1.807) is 0 Å². The predicted molar refractivity (Wildman–Crippen MR) is 94.9 cm³/mol. The molecule has 4 rings (SSSR count). The highest BCUT2D eigenvalue weighted by Crippen LogP contribution is 2.37. The molecule has 4 aromatic rings. The number of halogens is 2. The van der Waals surface area contributed by atoms with Gasteiger partial charge in [0.15, 0.2) is 0 Å². The van der Waals surface area contributed by atoms with Gasteiger partial charge in [0.1, 0.15) is 0 Å². The number of nitrogens with two attached hydrogens (primary N) is 1. The van der Waals surface area contributed by atoms with Crippen LogP contribution in [-0.4, -0.2) is 6.67 Å². The van der Waals surface area contributed by atoms with Crippen molar-refractivity contribution in [3.8, 4) is 0 Å². The number of hydrogen-bond acceptors (Lipinski definition) is 1. The maximum Gasteiger partial charge on any atom is 0.0912 e. The van der Waals surface area contributed by atoms with Crippen LogP contribution >= 0.6 is 12.4 Å². The summed E-state index contributed by atoms with van der Waals surface area (Å²) in [5.41, 5.74) is 7.20. The highest BCUT2D eigenvalue weighted by Gasteiger charge is 2.14. The molecule has 0 saturated carbocycles. The standard InChI is InChI=1S/C19H16FN.ClH/c20-11-10-17(21)15-8-6-14-5-4-12-2-1-3-13-7-9-16(15)19(14)18(12)13;/h1-9,17H,10-11,21H2;1H/t17-;/m1./s1. The van der Waals surface area contributed by atoms with E-state index in [1.165, 1.54) is 26.9 Å². The third-order valence-corrected chi connectivity index (χ3v) is 4.38. The molecule has 1 nitrogen and oxygen atoms in total. The SMILES string of the molecule is Cl.N[C@H](CCF)c1ccc2ccc3cccc4ccc1c2c34. The van der Waals surface area contributed by atoms with E-state index in [-0.39, 0.29) is 25.1 Å². The molecule has 0 aliphatic rings. The maximum absolute atomic E-state index is 12.6. The molecule has 0 bridgehead atoms. The van der Waals surface area contributed by atoms with Gasteiger partial charge in [0, 0.05) is 6.04 Å². The van der Waals surface area contributed by atoms with E-state index in [0.717, 1.165) is 10.9 Å². The first kappa shape index (κ1) is 15.0. The van der Waals surface area contributed by atoms with Crippen molar-refractivity contribution in [3.63, 3.8) is 0 Å². The van der Waals surface area contributed by atoms with Crippen LogP contribution in [0.15, 0.2) is 54.6 Å². The normalized spacial score (nSPS) is 12.8. The van der Waals surface area contributed by atoms with Crippen molar-refractivity contribution >= 4 is 44.7 Å². The van der Waals surface area contributed by atoms with Crippen LogP contribution in [0.4, 0.5) is 4.39 Å². The fourth-order valence-electron chi connectivity index (χ4n) is 3.35. The molecule has 0 heterocycles. The lowest BCUT2D eigenvalue weighted by Crippen LogP contribution is -2.11.